The van der Waals surface area contributed by atoms with Crippen molar-refractivity contribution in [2.75, 3.05) is 20.3 Å². The van der Waals surface area contributed by atoms with E-state index in [9.17, 15) is 14.4 Å². The first kappa shape index (κ1) is 22.7. The molecule has 0 aromatic heterocycles. The van der Waals surface area contributed by atoms with E-state index < -0.39 is 24.5 Å². The van der Waals surface area contributed by atoms with E-state index in [1.165, 1.54) is 13.3 Å². The lowest BCUT2D eigenvalue weighted by atomic mass is 10.2. The van der Waals surface area contributed by atoms with E-state index in [1.807, 2.05) is 22.6 Å². The Hall–Kier alpha value is -2.61. The number of hydrogen-bond donors (Lipinski definition) is 2. The number of benzene rings is 1. The molecule has 0 bridgehead atoms. The van der Waals surface area contributed by atoms with Gasteiger partial charge < -0.3 is 19.3 Å². The lowest BCUT2D eigenvalue weighted by molar-refractivity contribution is -0.139. The minimum Gasteiger partial charge on any atom is -0.490 e. The number of thioether (sulfide) groups is 1. The summed E-state index contributed by atoms with van der Waals surface area (Å²) in [7, 11) is 1.21. The van der Waals surface area contributed by atoms with Crippen LogP contribution < -0.4 is 14.8 Å². The first-order chi connectivity index (χ1) is 13.8. The third kappa shape index (κ3) is 6.74. The predicted octanol–water partition coefficient (Wildman–Crippen LogP) is 1.76. The molecule has 0 radical (unpaired) electrons. The summed E-state index contributed by atoms with van der Waals surface area (Å²) in [6.45, 7) is 1.66. The number of halogens is 1. The minimum absolute atomic E-state index is 0.152. The maximum Gasteiger partial charge on any atom is 0.341 e. The smallest absolute Gasteiger partial charge is 0.341 e. The molecule has 29 heavy (non-hydrogen) atoms. The van der Waals surface area contributed by atoms with Crippen LogP contribution in [0.15, 0.2) is 33.3 Å². The van der Waals surface area contributed by atoms with Crippen molar-refractivity contribution in [3.05, 3.63) is 32.2 Å². The van der Waals surface area contributed by atoms with Gasteiger partial charge in [-0.2, -0.15) is 5.10 Å². The van der Waals surface area contributed by atoms with E-state index in [0.29, 0.717) is 27.2 Å². The maximum atomic E-state index is 11.8. The highest BCUT2D eigenvalue weighted by Crippen LogP contribution is 2.34. The van der Waals surface area contributed by atoms with E-state index >= 15 is 0 Å². The molecule has 1 aliphatic rings. The highest BCUT2D eigenvalue weighted by molar-refractivity contribution is 14.1. The van der Waals surface area contributed by atoms with Crippen LogP contribution in [-0.4, -0.2) is 54.7 Å². The number of carboxylic acids is 1. The fraction of sp³-hybridized carbons (Fsp3) is 0.235. The molecule has 0 atom stereocenters. The topological polar surface area (TPSA) is 136 Å². The molecule has 2 N–H and O–H groups in total. The molecule has 1 aliphatic heterocycles. The molecule has 1 amide bonds. The zero-order valence-corrected chi connectivity index (χ0v) is 18.3. The third-order valence-electron chi connectivity index (χ3n) is 3.13. The number of ether oxygens (including phenoxy) is 3. The van der Waals surface area contributed by atoms with Crippen molar-refractivity contribution in [2.45, 2.75) is 6.92 Å². The summed E-state index contributed by atoms with van der Waals surface area (Å²) in [6, 6.07) is 3.35. The monoisotopic (exact) mass is 533 g/mol. The Kier molecular flexibility index (Phi) is 8.45. The van der Waals surface area contributed by atoms with E-state index in [4.69, 9.17) is 14.6 Å². The molecule has 1 saturated heterocycles. The average molecular weight is 533 g/mol. The number of methoxy groups -OCH3 is 1. The molecule has 154 valence electrons. The Labute approximate surface area is 183 Å². The van der Waals surface area contributed by atoms with Crippen molar-refractivity contribution in [3.8, 4) is 11.5 Å². The second-order valence-corrected chi connectivity index (χ2v) is 7.38. The number of amides is 1. The molecular formula is C17H16IN3O7S. The van der Waals surface area contributed by atoms with E-state index in [2.05, 4.69) is 20.3 Å². The molecule has 0 unspecified atom stereocenters. The molecule has 1 fully saturated rings. The van der Waals surface area contributed by atoms with Crippen LogP contribution in [0.5, 0.6) is 11.5 Å². The van der Waals surface area contributed by atoms with E-state index in [0.717, 1.165) is 17.8 Å². The van der Waals surface area contributed by atoms with Crippen LogP contribution in [0.1, 0.15) is 12.5 Å². The molecule has 1 heterocycles. The van der Waals surface area contributed by atoms with Crippen molar-refractivity contribution >= 4 is 63.6 Å². The number of amidine groups is 1. The van der Waals surface area contributed by atoms with Gasteiger partial charge in [-0.1, -0.05) is 0 Å². The first-order valence-corrected chi connectivity index (χ1v) is 9.94. The van der Waals surface area contributed by atoms with Crippen LogP contribution in [0.4, 0.5) is 0 Å². The van der Waals surface area contributed by atoms with Gasteiger partial charge in [0.05, 0.1) is 28.4 Å². The summed E-state index contributed by atoms with van der Waals surface area (Å²) in [5, 5.41) is 19.3. The number of carbonyl (C=O) groups is 3. The Morgan fingerprint density at radius 1 is 1.34 bits per heavy atom. The summed E-state index contributed by atoms with van der Waals surface area (Å²) in [5.41, 5.74) is 0.629. The van der Waals surface area contributed by atoms with Crippen LogP contribution in [-0.2, 0) is 19.1 Å². The highest BCUT2D eigenvalue weighted by atomic mass is 127. The number of carbonyl (C=O) groups excluding carboxylic acids is 2. The summed E-state index contributed by atoms with van der Waals surface area (Å²) in [5.74, 6) is -1.50. The Bertz CT molecular complexity index is 915. The third-order valence-corrected chi connectivity index (χ3v) is 4.83. The molecule has 0 aliphatic carbocycles. The van der Waals surface area contributed by atoms with Gasteiger partial charge >= 0.3 is 11.9 Å². The summed E-state index contributed by atoms with van der Waals surface area (Å²) in [4.78, 5) is 33.9. The Morgan fingerprint density at radius 2 is 2.10 bits per heavy atom. The molecule has 0 saturated carbocycles. The van der Waals surface area contributed by atoms with Crippen molar-refractivity contribution in [3.63, 3.8) is 0 Å². The van der Waals surface area contributed by atoms with Crippen molar-refractivity contribution < 1.29 is 33.7 Å². The number of carboxylic acid groups (broad SMARTS) is 1. The molecule has 2 rings (SSSR count). The highest BCUT2D eigenvalue weighted by Gasteiger charge is 2.25. The van der Waals surface area contributed by atoms with Crippen LogP contribution in [0, 0.1) is 3.57 Å². The van der Waals surface area contributed by atoms with Crippen molar-refractivity contribution in [1.82, 2.24) is 5.32 Å². The number of rotatable bonds is 8. The number of nitrogens with one attached hydrogen (secondary N) is 1. The number of aliphatic carboxylic acids is 1. The number of nitrogens with zero attached hydrogens (tertiary/aromatic N) is 2. The quantitative estimate of drug-likeness (QED) is 0.170. The molecule has 12 heteroatoms. The summed E-state index contributed by atoms with van der Waals surface area (Å²) in [6.07, 6.45) is 2.51. The van der Waals surface area contributed by atoms with Crippen LogP contribution in [0.2, 0.25) is 0 Å². The maximum absolute atomic E-state index is 11.8. The summed E-state index contributed by atoms with van der Waals surface area (Å²) >= 11 is 2.96. The fourth-order valence-corrected chi connectivity index (χ4v) is 3.51. The van der Waals surface area contributed by atoms with Gasteiger partial charge in [0.2, 0.25) is 0 Å². The van der Waals surface area contributed by atoms with Crippen LogP contribution in [0.3, 0.4) is 0 Å². The van der Waals surface area contributed by atoms with Gasteiger partial charge in [-0.3, -0.25) is 10.1 Å². The Balaban J connectivity index is 2.17. The average Bonchev–Trinajstić information content (AvgIpc) is 3.00. The predicted molar refractivity (Wildman–Crippen MR) is 114 cm³/mol. The summed E-state index contributed by atoms with van der Waals surface area (Å²) < 4.78 is 15.9. The zero-order valence-electron chi connectivity index (χ0n) is 15.3. The molecular weight excluding hydrogens is 517 g/mol. The molecule has 0 spiro atoms. The second kappa shape index (κ2) is 10.8. The van der Waals surface area contributed by atoms with Crippen LogP contribution >= 0.6 is 34.4 Å². The number of esters is 1. The normalized spacial score (nSPS) is 16.3. The van der Waals surface area contributed by atoms with Gasteiger partial charge in [-0.05, 0) is 59.0 Å². The first-order valence-electron chi connectivity index (χ1n) is 8.04. The molecule has 10 nitrogen and oxygen atoms in total. The Morgan fingerprint density at radius 3 is 2.76 bits per heavy atom. The standard InChI is InChI=1S/C17H16IN3O7S/c1-3-27-11-5-9(4-10(18)15(11)28-8-13(22)23)7-19-21-17-20-16(25)12(29-17)6-14(24)26-2/h4-7H,3,8H2,1-2H3,(H,22,23)(H,20,21,25)/b12-6+,19-7?. The van der Waals surface area contributed by atoms with Gasteiger partial charge in [0.15, 0.2) is 23.3 Å². The molecule has 1 aromatic rings. The molecule has 1 aromatic carbocycles. The minimum atomic E-state index is -1.10. The fourth-order valence-electron chi connectivity index (χ4n) is 1.99. The lowest BCUT2D eigenvalue weighted by Crippen LogP contribution is -2.19. The SMILES string of the molecule is CCOc1cc(C=N/N=C2/NC(=O)/C(=C\C(=O)OC)S2)cc(I)c1OCC(=O)O. The van der Waals surface area contributed by atoms with E-state index in [-0.39, 0.29) is 10.1 Å². The van der Waals surface area contributed by atoms with Gasteiger partial charge in [0.1, 0.15) is 0 Å². The van der Waals surface area contributed by atoms with Crippen LogP contribution in [0.25, 0.3) is 0 Å². The van der Waals surface area contributed by atoms with Gasteiger partial charge in [-0.15, -0.1) is 5.10 Å². The van der Waals surface area contributed by atoms with E-state index in [1.54, 1.807) is 19.1 Å². The zero-order chi connectivity index (χ0) is 21.4. The van der Waals surface area contributed by atoms with Crippen molar-refractivity contribution in [1.29, 1.82) is 0 Å². The van der Waals surface area contributed by atoms with Crippen molar-refractivity contribution in [2.24, 2.45) is 10.2 Å². The van der Waals surface area contributed by atoms with Gasteiger partial charge in [0, 0.05) is 6.08 Å². The largest absolute Gasteiger partial charge is 0.490 e. The van der Waals surface area contributed by atoms with Gasteiger partial charge in [-0.25, -0.2) is 9.59 Å². The lowest BCUT2D eigenvalue weighted by Gasteiger charge is -2.13. The number of hydrogen-bond acceptors (Lipinski definition) is 9. The van der Waals surface area contributed by atoms with Gasteiger partial charge in [0.25, 0.3) is 5.91 Å². The second-order valence-electron chi connectivity index (χ2n) is 5.18.